The third-order valence-electron chi connectivity index (χ3n) is 5.53. The fourth-order valence-corrected chi connectivity index (χ4v) is 3.53. The monoisotopic (exact) mass is 415 g/mol. The minimum atomic E-state index is -0.0734. The molecule has 0 aromatic carbocycles. The Labute approximate surface area is 173 Å². The van der Waals surface area contributed by atoms with Crippen LogP contribution >= 0.6 is 24.8 Å². The van der Waals surface area contributed by atoms with E-state index in [1.165, 1.54) is 0 Å². The van der Waals surface area contributed by atoms with Gasteiger partial charge in [-0.15, -0.1) is 24.8 Å². The third-order valence-corrected chi connectivity index (χ3v) is 5.53. The van der Waals surface area contributed by atoms with Crippen molar-refractivity contribution in [2.75, 3.05) is 13.1 Å². The molecular weight excluding hydrogens is 385 g/mol. The van der Waals surface area contributed by atoms with E-state index in [2.05, 4.69) is 37.8 Å². The summed E-state index contributed by atoms with van der Waals surface area (Å²) in [7, 11) is 0. The highest BCUT2D eigenvalue weighted by Gasteiger charge is 2.36. The molecule has 1 saturated heterocycles. The van der Waals surface area contributed by atoms with E-state index in [4.69, 9.17) is 5.73 Å². The lowest BCUT2D eigenvalue weighted by Crippen LogP contribution is -2.54. The number of carbonyl (C=O) groups is 1. The van der Waals surface area contributed by atoms with Crippen LogP contribution in [0.1, 0.15) is 62.6 Å². The second-order valence-electron chi connectivity index (χ2n) is 8.01. The standard InChI is InChI=1S/C19H29N5O.2ClH/c1-6-13(3)24-17-15(10-21-24)14(9-12(2)22-17)18(25)23-8-7-16(20)19(4,5)11-23;;/h9-10,13,16H,6-8,11,20H2,1-5H3;2*1H. The van der Waals surface area contributed by atoms with Crippen molar-refractivity contribution in [3.63, 3.8) is 0 Å². The highest BCUT2D eigenvalue weighted by Crippen LogP contribution is 2.30. The van der Waals surface area contributed by atoms with Gasteiger partial charge in [0.05, 0.1) is 23.2 Å². The second kappa shape index (κ2) is 8.76. The molecule has 27 heavy (non-hydrogen) atoms. The number of aryl methyl sites for hydroxylation is 1. The summed E-state index contributed by atoms with van der Waals surface area (Å²) in [6.45, 7) is 11.8. The molecule has 1 aliphatic heterocycles. The smallest absolute Gasteiger partial charge is 0.254 e. The number of nitrogens with zero attached hydrogens (tertiary/aromatic N) is 4. The van der Waals surface area contributed by atoms with E-state index in [-0.39, 0.29) is 48.2 Å². The van der Waals surface area contributed by atoms with Crippen LogP contribution in [0, 0.1) is 12.3 Å². The van der Waals surface area contributed by atoms with E-state index in [0.717, 1.165) is 29.6 Å². The van der Waals surface area contributed by atoms with Gasteiger partial charge in [-0.3, -0.25) is 4.79 Å². The quantitative estimate of drug-likeness (QED) is 0.827. The summed E-state index contributed by atoms with van der Waals surface area (Å²) in [5, 5.41) is 5.34. The van der Waals surface area contributed by atoms with Gasteiger partial charge in [0, 0.05) is 24.8 Å². The highest BCUT2D eigenvalue weighted by atomic mass is 35.5. The molecule has 152 valence electrons. The predicted octanol–water partition coefficient (Wildman–Crippen LogP) is 3.75. The van der Waals surface area contributed by atoms with Gasteiger partial charge in [-0.2, -0.15) is 5.10 Å². The summed E-state index contributed by atoms with van der Waals surface area (Å²) < 4.78 is 1.93. The molecule has 2 aromatic rings. The summed E-state index contributed by atoms with van der Waals surface area (Å²) in [5.74, 6) is 0.0548. The number of piperidine rings is 1. The molecule has 2 aromatic heterocycles. The number of aromatic nitrogens is 3. The molecule has 0 aliphatic carbocycles. The number of fused-ring (bicyclic) bond motifs is 1. The predicted molar refractivity (Wildman–Crippen MR) is 114 cm³/mol. The summed E-state index contributed by atoms with van der Waals surface area (Å²) in [5.41, 5.74) is 8.48. The van der Waals surface area contributed by atoms with Gasteiger partial charge >= 0.3 is 0 Å². The molecule has 2 unspecified atom stereocenters. The summed E-state index contributed by atoms with van der Waals surface area (Å²) in [6.07, 6.45) is 3.58. The number of likely N-dealkylation sites (tertiary alicyclic amines) is 1. The number of hydrogen-bond donors (Lipinski definition) is 1. The first-order valence-electron chi connectivity index (χ1n) is 9.14. The Morgan fingerprint density at radius 1 is 1.41 bits per heavy atom. The summed E-state index contributed by atoms with van der Waals surface area (Å²) >= 11 is 0. The van der Waals surface area contributed by atoms with E-state index in [1.54, 1.807) is 6.20 Å². The van der Waals surface area contributed by atoms with Crippen molar-refractivity contribution in [3.8, 4) is 0 Å². The number of amides is 1. The Morgan fingerprint density at radius 2 is 2.07 bits per heavy atom. The van der Waals surface area contributed by atoms with E-state index in [1.807, 2.05) is 22.6 Å². The normalized spacial score (nSPS) is 19.9. The zero-order valence-electron chi connectivity index (χ0n) is 16.7. The summed E-state index contributed by atoms with van der Waals surface area (Å²) in [4.78, 5) is 19.8. The average molecular weight is 416 g/mol. The minimum absolute atomic E-state index is 0. The lowest BCUT2D eigenvalue weighted by Gasteiger charge is -2.42. The van der Waals surface area contributed by atoms with Gasteiger partial charge in [0.2, 0.25) is 0 Å². The third kappa shape index (κ3) is 4.39. The van der Waals surface area contributed by atoms with Crippen molar-refractivity contribution >= 4 is 41.8 Å². The first-order chi connectivity index (χ1) is 11.7. The van der Waals surface area contributed by atoms with Crippen LogP contribution in [-0.4, -0.2) is 44.7 Å². The van der Waals surface area contributed by atoms with Gasteiger partial charge in [0.25, 0.3) is 5.91 Å². The maximum atomic E-state index is 13.2. The zero-order valence-corrected chi connectivity index (χ0v) is 18.4. The molecule has 0 spiro atoms. The van der Waals surface area contributed by atoms with Gasteiger partial charge in [-0.05, 0) is 38.2 Å². The maximum Gasteiger partial charge on any atom is 0.254 e. The molecule has 0 bridgehead atoms. The van der Waals surface area contributed by atoms with Crippen LogP contribution in [-0.2, 0) is 0 Å². The Morgan fingerprint density at radius 3 is 2.67 bits per heavy atom. The van der Waals surface area contributed by atoms with Gasteiger partial charge in [-0.25, -0.2) is 9.67 Å². The molecule has 1 aliphatic rings. The SMILES string of the molecule is CCC(C)n1ncc2c(C(=O)N3CCC(N)C(C)(C)C3)cc(C)nc21.Cl.Cl. The molecule has 3 rings (SSSR count). The van der Waals surface area contributed by atoms with Crippen molar-refractivity contribution in [1.82, 2.24) is 19.7 Å². The molecule has 1 amide bonds. The van der Waals surface area contributed by atoms with Crippen LogP contribution < -0.4 is 5.73 Å². The zero-order chi connectivity index (χ0) is 18.4. The molecule has 2 atom stereocenters. The van der Waals surface area contributed by atoms with Crippen molar-refractivity contribution in [3.05, 3.63) is 23.5 Å². The van der Waals surface area contributed by atoms with Crippen LogP contribution in [0.25, 0.3) is 11.0 Å². The number of hydrogen-bond acceptors (Lipinski definition) is 4. The lowest BCUT2D eigenvalue weighted by molar-refractivity contribution is 0.0534. The Bertz CT molecular complexity index is 805. The van der Waals surface area contributed by atoms with E-state index in [9.17, 15) is 4.79 Å². The maximum absolute atomic E-state index is 13.2. The highest BCUT2D eigenvalue weighted by molar-refractivity contribution is 6.05. The molecule has 3 heterocycles. The molecule has 2 N–H and O–H groups in total. The number of rotatable bonds is 3. The number of pyridine rings is 1. The van der Waals surface area contributed by atoms with Gasteiger partial charge < -0.3 is 10.6 Å². The van der Waals surface area contributed by atoms with Gasteiger partial charge in [0.15, 0.2) is 5.65 Å². The van der Waals surface area contributed by atoms with E-state index < -0.39 is 0 Å². The van der Waals surface area contributed by atoms with Crippen molar-refractivity contribution in [2.24, 2.45) is 11.1 Å². The minimum Gasteiger partial charge on any atom is -0.338 e. The summed E-state index contributed by atoms with van der Waals surface area (Å²) in [6, 6.07) is 2.26. The second-order valence-corrected chi connectivity index (χ2v) is 8.01. The molecule has 0 radical (unpaired) electrons. The van der Waals surface area contributed by atoms with E-state index >= 15 is 0 Å². The van der Waals surface area contributed by atoms with Crippen LogP contribution in [0.2, 0.25) is 0 Å². The topological polar surface area (TPSA) is 77.0 Å². The Balaban J connectivity index is 0.00000182. The van der Waals surface area contributed by atoms with E-state index in [0.29, 0.717) is 18.7 Å². The molecule has 1 fully saturated rings. The number of carbonyl (C=O) groups excluding carboxylic acids is 1. The van der Waals surface area contributed by atoms with Crippen LogP contribution in [0.4, 0.5) is 0 Å². The average Bonchev–Trinajstić information content (AvgIpc) is 2.98. The molecular formula is C19H31Cl2N5O. The van der Waals surface area contributed by atoms with Crippen molar-refractivity contribution in [1.29, 1.82) is 0 Å². The first-order valence-corrected chi connectivity index (χ1v) is 9.14. The number of nitrogens with two attached hydrogens (primary N) is 1. The Kier molecular flexibility index (Phi) is 7.68. The fraction of sp³-hybridized carbons (Fsp3) is 0.632. The fourth-order valence-electron chi connectivity index (χ4n) is 3.53. The first kappa shape index (κ1) is 23.7. The van der Waals surface area contributed by atoms with Gasteiger partial charge in [-0.1, -0.05) is 20.8 Å². The van der Waals surface area contributed by atoms with Crippen molar-refractivity contribution < 1.29 is 4.79 Å². The molecule has 8 heteroatoms. The number of halogens is 2. The van der Waals surface area contributed by atoms with Crippen LogP contribution in [0.5, 0.6) is 0 Å². The molecule has 0 saturated carbocycles. The lowest BCUT2D eigenvalue weighted by atomic mass is 9.79. The largest absolute Gasteiger partial charge is 0.338 e. The Hall–Kier alpha value is -1.37. The van der Waals surface area contributed by atoms with Gasteiger partial charge in [0.1, 0.15) is 0 Å². The molecule has 6 nitrogen and oxygen atoms in total. The van der Waals surface area contributed by atoms with Crippen molar-refractivity contribution in [2.45, 2.75) is 59.5 Å². The van der Waals surface area contributed by atoms with Crippen LogP contribution in [0.15, 0.2) is 12.3 Å². The van der Waals surface area contributed by atoms with Crippen LogP contribution in [0.3, 0.4) is 0 Å².